The molecule has 0 unspecified atom stereocenters. The Balaban J connectivity index is 0.00000204. The van der Waals surface area contributed by atoms with Gasteiger partial charge in [0.1, 0.15) is 0 Å². The van der Waals surface area contributed by atoms with Gasteiger partial charge >= 0.3 is 0 Å². The second-order valence-corrected chi connectivity index (χ2v) is 7.39. The van der Waals surface area contributed by atoms with E-state index in [0.29, 0.717) is 0 Å². The number of rotatable bonds is 2. The standard InChI is InChI=1S/C28H17N2.Ir/c1-2-11-22-19(8-1)16-17-29-28(22)21-10-7-9-20(18-21)27-23-12-3-5-14-25(23)30-26-15-6-4-13-24(26)27;/h1-9,11-18H;/q-1;. The van der Waals surface area contributed by atoms with Crippen LogP contribution in [0, 0.1) is 6.07 Å². The zero-order valence-electron chi connectivity index (χ0n) is 16.5. The Morgan fingerprint density at radius 3 is 2.03 bits per heavy atom. The van der Waals surface area contributed by atoms with Gasteiger partial charge in [-0.2, -0.15) is 0 Å². The fourth-order valence-electron chi connectivity index (χ4n) is 4.24. The third-order valence-electron chi connectivity index (χ3n) is 5.61. The normalized spacial score (nSPS) is 11.0. The smallest absolute Gasteiger partial charge is 0.0715 e. The Labute approximate surface area is 194 Å². The number of pyridine rings is 2. The van der Waals surface area contributed by atoms with Crippen LogP contribution in [-0.4, -0.2) is 9.97 Å². The summed E-state index contributed by atoms with van der Waals surface area (Å²) in [6.45, 7) is 0. The van der Waals surface area contributed by atoms with Crippen molar-refractivity contribution in [2.24, 2.45) is 0 Å². The molecule has 149 valence electrons. The van der Waals surface area contributed by atoms with E-state index in [2.05, 4.69) is 78.9 Å². The van der Waals surface area contributed by atoms with Gasteiger partial charge in [0, 0.05) is 37.1 Å². The summed E-state index contributed by atoms with van der Waals surface area (Å²) >= 11 is 0. The van der Waals surface area contributed by atoms with Crippen LogP contribution in [0.15, 0.2) is 103 Å². The summed E-state index contributed by atoms with van der Waals surface area (Å²) in [4.78, 5) is 9.56. The number of hydrogen-bond acceptors (Lipinski definition) is 2. The molecule has 0 amide bonds. The molecule has 2 aromatic heterocycles. The number of fused-ring (bicyclic) bond motifs is 3. The van der Waals surface area contributed by atoms with Gasteiger partial charge < -0.3 is 4.98 Å². The van der Waals surface area contributed by atoms with Crippen molar-refractivity contribution in [3.63, 3.8) is 0 Å². The summed E-state index contributed by atoms with van der Waals surface area (Å²) in [5.74, 6) is 0. The van der Waals surface area contributed by atoms with Gasteiger partial charge in [-0.15, -0.1) is 29.8 Å². The molecular formula is C28H17IrN2-. The summed E-state index contributed by atoms with van der Waals surface area (Å²) in [5, 5.41) is 4.62. The van der Waals surface area contributed by atoms with Gasteiger partial charge in [0.25, 0.3) is 0 Å². The van der Waals surface area contributed by atoms with E-state index in [1.54, 1.807) is 0 Å². The molecule has 0 atom stereocenters. The van der Waals surface area contributed by atoms with Crippen LogP contribution in [0.25, 0.3) is 55.0 Å². The van der Waals surface area contributed by atoms with Gasteiger partial charge in [-0.3, -0.25) is 0 Å². The molecule has 31 heavy (non-hydrogen) atoms. The number of benzene rings is 4. The van der Waals surface area contributed by atoms with E-state index in [-0.39, 0.29) is 20.1 Å². The van der Waals surface area contributed by atoms with Crippen molar-refractivity contribution in [1.29, 1.82) is 0 Å². The first-order valence-electron chi connectivity index (χ1n) is 10.0. The zero-order valence-corrected chi connectivity index (χ0v) is 18.9. The van der Waals surface area contributed by atoms with E-state index in [4.69, 9.17) is 9.97 Å². The van der Waals surface area contributed by atoms with Crippen molar-refractivity contribution in [2.45, 2.75) is 0 Å². The van der Waals surface area contributed by atoms with Crippen molar-refractivity contribution in [3.8, 4) is 22.4 Å². The quantitative estimate of drug-likeness (QED) is 0.164. The predicted molar refractivity (Wildman–Crippen MR) is 124 cm³/mol. The minimum atomic E-state index is 0. The van der Waals surface area contributed by atoms with Crippen LogP contribution in [0.1, 0.15) is 0 Å². The molecule has 0 saturated heterocycles. The second kappa shape index (κ2) is 8.03. The monoisotopic (exact) mass is 574 g/mol. The summed E-state index contributed by atoms with van der Waals surface area (Å²) in [7, 11) is 0. The molecule has 0 spiro atoms. The molecule has 0 saturated carbocycles. The molecule has 2 heterocycles. The van der Waals surface area contributed by atoms with Gasteiger partial charge in [0.15, 0.2) is 0 Å². The molecule has 2 nitrogen and oxygen atoms in total. The Morgan fingerprint density at radius 1 is 0.645 bits per heavy atom. The minimum absolute atomic E-state index is 0. The molecule has 3 heteroatoms. The predicted octanol–water partition coefficient (Wildman–Crippen LogP) is 7.07. The van der Waals surface area contributed by atoms with Crippen LogP contribution in [-0.2, 0) is 20.1 Å². The number of aromatic nitrogens is 2. The molecule has 1 radical (unpaired) electrons. The maximum atomic E-state index is 4.87. The average Bonchev–Trinajstić information content (AvgIpc) is 2.82. The van der Waals surface area contributed by atoms with Gasteiger partial charge in [-0.1, -0.05) is 66.2 Å². The van der Waals surface area contributed by atoms with Crippen LogP contribution < -0.4 is 0 Å². The molecule has 0 N–H and O–H groups in total. The second-order valence-electron chi connectivity index (χ2n) is 7.39. The maximum absolute atomic E-state index is 4.87. The largest absolute Gasteiger partial charge is 0.304 e. The van der Waals surface area contributed by atoms with E-state index in [1.807, 2.05) is 30.5 Å². The topological polar surface area (TPSA) is 25.8 Å². The first kappa shape index (κ1) is 19.6. The van der Waals surface area contributed by atoms with Crippen LogP contribution >= 0.6 is 0 Å². The van der Waals surface area contributed by atoms with Crippen molar-refractivity contribution in [2.75, 3.05) is 0 Å². The average molecular weight is 574 g/mol. The van der Waals surface area contributed by atoms with E-state index in [9.17, 15) is 0 Å². The van der Waals surface area contributed by atoms with Gasteiger partial charge in [-0.05, 0) is 40.2 Å². The van der Waals surface area contributed by atoms with E-state index >= 15 is 0 Å². The van der Waals surface area contributed by atoms with Gasteiger partial charge in [0.05, 0.1) is 11.0 Å². The molecule has 0 aliphatic heterocycles. The van der Waals surface area contributed by atoms with Crippen molar-refractivity contribution in [3.05, 3.63) is 109 Å². The van der Waals surface area contributed by atoms with Crippen LogP contribution in [0.5, 0.6) is 0 Å². The molecule has 4 aromatic carbocycles. The summed E-state index contributed by atoms with van der Waals surface area (Å²) in [5.41, 5.74) is 6.31. The summed E-state index contributed by atoms with van der Waals surface area (Å²) < 4.78 is 0. The molecular weight excluding hydrogens is 557 g/mol. The Morgan fingerprint density at radius 2 is 1.29 bits per heavy atom. The third-order valence-corrected chi connectivity index (χ3v) is 5.61. The van der Waals surface area contributed by atoms with Crippen molar-refractivity contribution < 1.29 is 20.1 Å². The van der Waals surface area contributed by atoms with Crippen molar-refractivity contribution in [1.82, 2.24) is 9.97 Å². The minimum Gasteiger partial charge on any atom is -0.304 e. The van der Waals surface area contributed by atoms with Gasteiger partial charge in [0.2, 0.25) is 0 Å². The Kier molecular flexibility index (Phi) is 5.07. The zero-order chi connectivity index (χ0) is 19.9. The molecule has 6 aromatic rings. The Bertz CT molecular complexity index is 1500. The van der Waals surface area contributed by atoms with Crippen LogP contribution in [0.2, 0.25) is 0 Å². The molecule has 0 aliphatic carbocycles. The number of para-hydroxylation sites is 2. The van der Waals surface area contributed by atoms with Crippen molar-refractivity contribution >= 4 is 32.6 Å². The fourth-order valence-corrected chi connectivity index (χ4v) is 4.24. The van der Waals surface area contributed by atoms with Crippen LogP contribution in [0.4, 0.5) is 0 Å². The number of hydrogen-bond donors (Lipinski definition) is 0. The van der Waals surface area contributed by atoms with E-state index in [0.717, 1.165) is 44.0 Å². The first-order valence-corrected chi connectivity index (χ1v) is 10.0. The maximum Gasteiger partial charge on any atom is 0.0715 e. The van der Waals surface area contributed by atoms with E-state index < -0.39 is 0 Å². The molecule has 0 aliphatic rings. The number of nitrogens with zero attached hydrogens (tertiary/aromatic N) is 2. The summed E-state index contributed by atoms with van der Waals surface area (Å²) in [6.07, 6.45) is 1.87. The van der Waals surface area contributed by atoms with Crippen LogP contribution in [0.3, 0.4) is 0 Å². The first-order chi connectivity index (χ1) is 14.9. The molecule has 0 bridgehead atoms. The fraction of sp³-hybridized carbons (Fsp3) is 0. The summed E-state index contributed by atoms with van der Waals surface area (Å²) in [6, 6.07) is 36.8. The SMILES string of the molecule is [Ir].[c-]1ccc(-c2c3ccccc3nc3ccccc23)cc1-c1nccc2ccccc12. The molecule has 0 fully saturated rings. The third kappa shape index (κ3) is 3.33. The van der Waals surface area contributed by atoms with Gasteiger partial charge in [-0.25, -0.2) is 4.98 Å². The molecule has 6 rings (SSSR count). The Hall–Kier alpha value is -3.39. The van der Waals surface area contributed by atoms with E-state index in [1.165, 1.54) is 10.9 Å².